The molecule has 2 aromatic carbocycles. The van der Waals surface area contributed by atoms with Crippen LogP contribution in [0.3, 0.4) is 0 Å². The minimum Gasteiger partial charge on any atom is -0.365 e. The summed E-state index contributed by atoms with van der Waals surface area (Å²) >= 11 is 0. The number of aliphatic hydroxyl groups is 1. The molecule has 2 aromatic rings. The molecule has 1 amide bonds. The van der Waals surface area contributed by atoms with E-state index in [2.05, 4.69) is 5.10 Å². The Labute approximate surface area is 156 Å². The van der Waals surface area contributed by atoms with Crippen molar-refractivity contribution < 1.29 is 28.0 Å². The number of rotatable bonds is 4. The van der Waals surface area contributed by atoms with E-state index in [1.54, 1.807) is 30.3 Å². The standard InChI is InChI=1S/C18H14F3N3O4/c19-18(20,21)15-11-17(26,13-6-8-14(9-7-13)24(27)28)23(22-15)16(25)10-12-4-2-1-3-5-12/h1-9,26H,10-11H2. The lowest BCUT2D eigenvalue weighted by Crippen LogP contribution is -2.44. The van der Waals surface area contributed by atoms with Crippen LogP contribution in [-0.2, 0) is 16.9 Å². The first-order valence-electron chi connectivity index (χ1n) is 8.10. The molecule has 0 saturated carbocycles. The van der Waals surface area contributed by atoms with Crippen LogP contribution in [0.1, 0.15) is 17.5 Å². The Kier molecular flexibility index (Phi) is 4.90. The van der Waals surface area contributed by atoms with Gasteiger partial charge in [-0.2, -0.15) is 23.3 Å². The molecule has 0 bridgehead atoms. The van der Waals surface area contributed by atoms with Crippen LogP contribution in [0, 0.1) is 10.1 Å². The van der Waals surface area contributed by atoms with E-state index in [1.165, 1.54) is 0 Å². The van der Waals surface area contributed by atoms with E-state index in [4.69, 9.17) is 0 Å². The van der Waals surface area contributed by atoms with E-state index >= 15 is 0 Å². The Morgan fingerprint density at radius 1 is 1.18 bits per heavy atom. The number of nitrogens with zero attached hydrogens (tertiary/aromatic N) is 3. The predicted molar refractivity (Wildman–Crippen MR) is 92.1 cm³/mol. The molecular formula is C18H14F3N3O4. The van der Waals surface area contributed by atoms with Gasteiger partial charge < -0.3 is 5.11 Å². The molecule has 0 fully saturated rings. The molecule has 1 unspecified atom stereocenters. The zero-order chi connectivity index (χ0) is 20.5. The summed E-state index contributed by atoms with van der Waals surface area (Å²) in [5.74, 6) is -0.841. The van der Waals surface area contributed by atoms with Crippen LogP contribution in [0.2, 0.25) is 0 Å². The summed E-state index contributed by atoms with van der Waals surface area (Å²) in [5, 5.41) is 25.5. The third kappa shape index (κ3) is 3.72. The van der Waals surface area contributed by atoms with E-state index in [0.717, 1.165) is 24.3 Å². The van der Waals surface area contributed by atoms with Crippen LogP contribution in [-0.4, -0.2) is 32.8 Å². The van der Waals surface area contributed by atoms with Gasteiger partial charge in [-0.15, -0.1) is 0 Å². The molecule has 0 radical (unpaired) electrons. The highest BCUT2D eigenvalue weighted by Crippen LogP contribution is 2.40. The van der Waals surface area contributed by atoms with Crippen LogP contribution >= 0.6 is 0 Å². The highest BCUT2D eigenvalue weighted by atomic mass is 19.4. The molecule has 0 aliphatic carbocycles. The topological polar surface area (TPSA) is 96.0 Å². The minimum absolute atomic E-state index is 0.109. The first-order chi connectivity index (χ1) is 13.1. The Morgan fingerprint density at radius 2 is 1.79 bits per heavy atom. The van der Waals surface area contributed by atoms with Crippen LogP contribution in [0.25, 0.3) is 0 Å². The number of halogens is 3. The number of hydrazone groups is 1. The molecule has 1 aliphatic heterocycles. The highest BCUT2D eigenvalue weighted by Gasteiger charge is 2.53. The average Bonchev–Trinajstić information content (AvgIpc) is 3.02. The summed E-state index contributed by atoms with van der Waals surface area (Å²) in [6.45, 7) is 0. The van der Waals surface area contributed by atoms with E-state index in [9.17, 15) is 33.2 Å². The number of hydrogen-bond donors (Lipinski definition) is 1. The van der Waals surface area contributed by atoms with Gasteiger partial charge in [-0.05, 0) is 17.7 Å². The van der Waals surface area contributed by atoms with E-state index in [-0.39, 0.29) is 17.7 Å². The van der Waals surface area contributed by atoms with Crippen molar-refractivity contribution in [1.29, 1.82) is 0 Å². The zero-order valence-corrected chi connectivity index (χ0v) is 14.3. The fourth-order valence-electron chi connectivity index (χ4n) is 2.89. The monoisotopic (exact) mass is 393 g/mol. The summed E-state index contributed by atoms with van der Waals surface area (Å²) < 4.78 is 39.6. The van der Waals surface area contributed by atoms with Crippen LogP contribution in [0.5, 0.6) is 0 Å². The maximum Gasteiger partial charge on any atom is 0.431 e. The van der Waals surface area contributed by atoms with Crippen molar-refractivity contribution in [2.24, 2.45) is 5.10 Å². The fraction of sp³-hybridized carbons (Fsp3) is 0.222. The van der Waals surface area contributed by atoms with Crippen molar-refractivity contribution >= 4 is 17.3 Å². The van der Waals surface area contributed by atoms with Crippen molar-refractivity contribution in [2.75, 3.05) is 0 Å². The normalized spacial score (nSPS) is 19.4. The Morgan fingerprint density at radius 3 is 2.32 bits per heavy atom. The first kappa shape index (κ1) is 19.5. The summed E-state index contributed by atoms with van der Waals surface area (Å²) in [6.07, 6.45) is -6.09. The lowest BCUT2D eigenvalue weighted by molar-refractivity contribution is -0.384. The average molecular weight is 393 g/mol. The summed E-state index contributed by atoms with van der Waals surface area (Å²) in [4.78, 5) is 22.7. The lowest BCUT2D eigenvalue weighted by Gasteiger charge is -2.31. The molecule has 1 atom stereocenters. The minimum atomic E-state index is -4.84. The number of benzene rings is 2. The summed E-state index contributed by atoms with van der Waals surface area (Å²) in [6, 6.07) is 12.6. The molecule has 28 heavy (non-hydrogen) atoms. The van der Waals surface area contributed by atoms with Gasteiger partial charge in [0.05, 0.1) is 17.8 Å². The van der Waals surface area contributed by atoms with Crippen LogP contribution < -0.4 is 0 Å². The van der Waals surface area contributed by atoms with Gasteiger partial charge in [-0.3, -0.25) is 14.9 Å². The Hall–Kier alpha value is -3.27. The summed E-state index contributed by atoms with van der Waals surface area (Å²) in [7, 11) is 0. The Bertz CT molecular complexity index is 929. The molecule has 1 aliphatic rings. The van der Waals surface area contributed by atoms with Gasteiger partial charge in [-0.1, -0.05) is 30.3 Å². The summed E-state index contributed by atoms with van der Waals surface area (Å²) in [5.41, 5.74) is -3.58. The SMILES string of the molecule is O=C(Cc1ccccc1)N1N=C(C(F)(F)F)CC1(O)c1ccc([N+](=O)[O-])cc1. The van der Waals surface area contributed by atoms with Gasteiger partial charge in [0.2, 0.25) is 5.91 Å². The molecule has 1 N–H and O–H groups in total. The van der Waals surface area contributed by atoms with E-state index in [0.29, 0.717) is 10.6 Å². The van der Waals surface area contributed by atoms with Gasteiger partial charge in [0, 0.05) is 17.7 Å². The number of non-ortho nitro benzene ring substituents is 1. The number of nitro benzene ring substituents is 1. The van der Waals surface area contributed by atoms with Gasteiger partial charge >= 0.3 is 6.18 Å². The van der Waals surface area contributed by atoms with Crippen LogP contribution in [0.4, 0.5) is 18.9 Å². The second kappa shape index (κ2) is 7.04. The molecule has 7 nitrogen and oxygen atoms in total. The van der Waals surface area contributed by atoms with Gasteiger partial charge in [0.25, 0.3) is 5.69 Å². The zero-order valence-electron chi connectivity index (χ0n) is 14.3. The van der Waals surface area contributed by atoms with Crippen molar-refractivity contribution in [1.82, 2.24) is 5.01 Å². The highest BCUT2D eigenvalue weighted by molar-refractivity contribution is 5.95. The lowest BCUT2D eigenvalue weighted by atomic mass is 9.96. The fourth-order valence-corrected chi connectivity index (χ4v) is 2.89. The van der Waals surface area contributed by atoms with Gasteiger partial charge in [0.1, 0.15) is 5.71 Å². The van der Waals surface area contributed by atoms with Crippen LogP contribution in [0.15, 0.2) is 59.7 Å². The van der Waals surface area contributed by atoms with E-state index in [1.807, 2.05) is 0 Å². The first-order valence-corrected chi connectivity index (χ1v) is 8.10. The largest absolute Gasteiger partial charge is 0.431 e. The number of alkyl halides is 3. The number of amides is 1. The number of carbonyl (C=O) groups excluding carboxylic acids is 1. The molecule has 3 rings (SSSR count). The van der Waals surface area contributed by atoms with Crippen molar-refractivity contribution in [3.05, 3.63) is 75.8 Å². The maximum atomic E-state index is 13.2. The molecule has 10 heteroatoms. The number of nitro groups is 1. The van der Waals surface area contributed by atoms with Crippen molar-refractivity contribution in [3.8, 4) is 0 Å². The van der Waals surface area contributed by atoms with Gasteiger partial charge in [0.15, 0.2) is 5.72 Å². The van der Waals surface area contributed by atoms with Crippen molar-refractivity contribution in [2.45, 2.75) is 24.7 Å². The molecule has 0 saturated heterocycles. The third-order valence-corrected chi connectivity index (χ3v) is 4.29. The molecule has 0 spiro atoms. The smallest absolute Gasteiger partial charge is 0.365 e. The second-order valence-electron chi connectivity index (χ2n) is 6.21. The number of hydrogen-bond acceptors (Lipinski definition) is 5. The molecule has 0 aromatic heterocycles. The molecule has 146 valence electrons. The quantitative estimate of drug-likeness (QED) is 0.638. The molecule has 1 heterocycles. The molecular weight excluding hydrogens is 379 g/mol. The third-order valence-electron chi connectivity index (χ3n) is 4.29. The van der Waals surface area contributed by atoms with Crippen molar-refractivity contribution in [3.63, 3.8) is 0 Å². The maximum absolute atomic E-state index is 13.2. The number of carbonyl (C=O) groups is 1. The predicted octanol–water partition coefficient (Wildman–Crippen LogP) is 3.13. The van der Waals surface area contributed by atoms with Gasteiger partial charge in [-0.25, -0.2) is 0 Å². The Balaban J connectivity index is 1.97. The van der Waals surface area contributed by atoms with E-state index < -0.39 is 34.9 Å². The second-order valence-corrected chi connectivity index (χ2v) is 6.21.